The molecule has 238 valence electrons. The van der Waals surface area contributed by atoms with E-state index in [1.165, 1.54) is 12.1 Å². The molecule has 8 nitrogen and oxygen atoms in total. The number of rotatable bonds is 8. The van der Waals surface area contributed by atoms with Crippen molar-refractivity contribution in [2.45, 2.75) is 12.5 Å². The van der Waals surface area contributed by atoms with E-state index in [2.05, 4.69) is 58.1 Å². The molecular formula is C40H29FN6O2. The van der Waals surface area contributed by atoms with Crippen LogP contribution in [0, 0.1) is 12.7 Å². The fraction of sp³-hybridized carbons (Fsp3) is 0.0500. The van der Waals surface area contributed by atoms with Crippen LogP contribution in [-0.2, 0) is 5.54 Å². The molecule has 0 aliphatic heterocycles. The highest BCUT2D eigenvalue weighted by Crippen LogP contribution is 2.41. The first-order chi connectivity index (χ1) is 24.0. The van der Waals surface area contributed by atoms with Gasteiger partial charge in [0.1, 0.15) is 17.0 Å². The third-order valence-corrected chi connectivity index (χ3v) is 8.71. The molecule has 0 spiro atoms. The van der Waals surface area contributed by atoms with Gasteiger partial charge in [0.2, 0.25) is 5.88 Å². The number of carbonyl (C=O) groups is 1. The molecular weight excluding hydrogens is 615 g/mol. The quantitative estimate of drug-likeness (QED) is 0.168. The number of benzene rings is 4. The summed E-state index contributed by atoms with van der Waals surface area (Å²) >= 11 is 0. The van der Waals surface area contributed by atoms with Gasteiger partial charge in [-0.05, 0) is 47.9 Å². The monoisotopic (exact) mass is 644 g/mol. The number of pyridine rings is 1. The molecule has 0 aliphatic carbocycles. The second-order valence-corrected chi connectivity index (χ2v) is 11.8. The second-order valence-electron chi connectivity index (χ2n) is 11.8. The topological polar surface area (TPSA) is 90.2 Å². The Hall–Kier alpha value is -6.61. The second kappa shape index (κ2) is 12.2. The molecule has 0 radical (unpaired) electrons. The van der Waals surface area contributed by atoms with Gasteiger partial charge in [-0.2, -0.15) is 5.10 Å². The third-order valence-electron chi connectivity index (χ3n) is 8.71. The normalized spacial score (nSPS) is 11.6. The van der Waals surface area contributed by atoms with Gasteiger partial charge in [-0.15, -0.1) is 0 Å². The molecule has 4 heterocycles. The third kappa shape index (κ3) is 5.27. The lowest BCUT2D eigenvalue weighted by Gasteiger charge is -2.36. The molecule has 0 unspecified atom stereocenters. The van der Waals surface area contributed by atoms with Crippen LogP contribution in [0.3, 0.4) is 0 Å². The highest BCUT2D eigenvalue weighted by atomic mass is 19.1. The van der Waals surface area contributed by atoms with E-state index in [4.69, 9.17) is 9.62 Å². The largest absolute Gasteiger partial charge is 0.338 e. The molecule has 0 aliphatic rings. The number of fused-ring (bicyclic) bond motifs is 1. The number of anilines is 1. The number of halogens is 1. The smallest absolute Gasteiger partial charge is 0.261 e. The number of carbonyl (C=O) groups excluding carboxylic acids is 1. The first-order valence-electron chi connectivity index (χ1n) is 15.7. The Morgan fingerprint density at radius 1 is 0.735 bits per heavy atom. The SMILES string of the molecule is Cc1cc(NC(=O)c2ccc(-c3cnc4ccc(-c5cnn(C(c6ccccc6)(c6ccccc6)c6ccccc6)c5)cn34)cc2F)on1. The Labute approximate surface area is 281 Å². The van der Waals surface area contributed by atoms with Gasteiger partial charge in [0.15, 0.2) is 0 Å². The summed E-state index contributed by atoms with van der Waals surface area (Å²) in [5.74, 6) is -1.15. The van der Waals surface area contributed by atoms with Gasteiger partial charge >= 0.3 is 0 Å². The van der Waals surface area contributed by atoms with Crippen molar-refractivity contribution in [3.05, 3.63) is 186 Å². The molecule has 0 saturated heterocycles. The van der Waals surface area contributed by atoms with Crippen LogP contribution in [0.4, 0.5) is 10.3 Å². The average molecular weight is 645 g/mol. The zero-order valence-corrected chi connectivity index (χ0v) is 26.4. The van der Waals surface area contributed by atoms with E-state index in [9.17, 15) is 4.79 Å². The maximum atomic E-state index is 15.3. The molecule has 49 heavy (non-hydrogen) atoms. The zero-order chi connectivity index (χ0) is 33.4. The van der Waals surface area contributed by atoms with Crippen LogP contribution in [0.15, 0.2) is 157 Å². The van der Waals surface area contributed by atoms with E-state index < -0.39 is 17.3 Å². The zero-order valence-electron chi connectivity index (χ0n) is 26.4. The van der Waals surface area contributed by atoms with Crippen LogP contribution in [0.2, 0.25) is 0 Å². The lowest BCUT2D eigenvalue weighted by atomic mass is 9.77. The standard InChI is InChI=1S/C40H29FN6O2/c1-27-21-38(49-45-27)44-39(48)34-19-17-28(22-35(34)41)36-24-42-37-20-18-29(25-46(36)37)30-23-43-47(26-30)40(31-11-5-2-6-12-31,32-13-7-3-8-14-32)33-15-9-4-10-16-33/h2-26H,1H3,(H,44,48). The molecule has 9 heteroatoms. The van der Waals surface area contributed by atoms with Crippen LogP contribution in [0.1, 0.15) is 32.7 Å². The maximum Gasteiger partial charge on any atom is 0.261 e. The minimum absolute atomic E-state index is 0.113. The van der Waals surface area contributed by atoms with Crippen LogP contribution in [0.5, 0.6) is 0 Å². The number of nitrogens with one attached hydrogen (secondary N) is 1. The Balaban J connectivity index is 1.19. The summed E-state index contributed by atoms with van der Waals surface area (Å²) in [6.45, 7) is 1.73. The average Bonchev–Trinajstić information content (AvgIpc) is 3.90. The Kier molecular flexibility index (Phi) is 7.41. The van der Waals surface area contributed by atoms with Gasteiger partial charge in [0.25, 0.3) is 5.91 Å². The fourth-order valence-corrected chi connectivity index (χ4v) is 6.42. The molecule has 4 aromatic heterocycles. The first kappa shape index (κ1) is 29.8. The molecule has 4 aromatic carbocycles. The van der Waals surface area contributed by atoms with Crippen molar-refractivity contribution in [3.63, 3.8) is 0 Å². The van der Waals surface area contributed by atoms with Crippen molar-refractivity contribution < 1.29 is 13.7 Å². The molecule has 8 aromatic rings. The van der Waals surface area contributed by atoms with Crippen molar-refractivity contribution in [3.8, 4) is 22.4 Å². The summed E-state index contributed by atoms with van der Waals surface area (Å²) in [6.07, 6.45) is 7.59. The van der Waals surface area contributed by atoms with Crippen molar-refractivity contribution in [1.82, 2.24) is 24.3 Å². The summed E-state index contributed by atoms with van der Waals surface area (Å²) in [5, 5.41) is 11.3. The number of imidazole rings is 1. The molecule has 0 atom stereocenters. The minimum atomic E-state index is -0.746. The van der Waals surface area contributed by atoms with Crippen LogP contribution < -0.4 is 5.32 Å². The first-order valence-corrected chi connectivity index (χ1v) is 15.7. The van der Waals surface area contributed by atoms with Gasteiger partial charge < -0.3 is 4.52 Å². The van der Waals surface area contributed by atoms with Crippen molar-refractivity contribution in [1.29, 1.82) is 0 Å². The number of hydrogen-bond donors (Lipinski definition) is 1. The number of hydrogen-bond acceptors (Lipinski definition) is 5. The number of aromatic nitrogens is 5. The van der Waals surface area contributed by atoms with Crippen LogP contribution >= 0.6 is 0 Å². The summed E-state index contributed by atoms with van der Waals surface area (Å²) in [4.78, 5) is 17.3. The predicted octanol–water partition coefficient (Wildman–Crippen LogP) is 8.39. The summed E-state index contributed by atoms with van der Waals surface area (Å²) < 4.78 is 24.3. The van der Waals surface area contributed by atoms with E-state index in [1.807, 2.05) is 88.2 Å². The van der Waals surface area contributed by atoms with Crippen molar-refractivity contribution in [2.24, 2.45) is 0 Å². The Morgan fingerprint density at radius 2 is 1.37 bits per heavy atom. The molecule has 1 amide bonds. The number of amides is 1. The molecule has 0 fully saturated rings. The van der Waals surface area contributed by atoms with Crippen LogP contribution in [-0.4, -0.2) is 30.2 Å². The van der Waals surface area contributed by atoms with Gasteiger partial charge in [-0.1, -0.05) is 102 Å². The number of aryl methyl sites for hydroxylation is 1. The predicted molar refractivity (Wildman–Crippen MR) is 186 cm³/mol. The van der Waals surface area contributed by atoms with E-state index in [0.29, 0.717) is 22.6 Å². The maximum absolute atomic E-state index is 15.3. The highest BCUT2D eigenvalue weighted by molar-refractivity contribution is 6.04. The number of nitrogens with zero attached hydrogens (tertiary/aromatic N) is 5. The summed E-state index contributed by atoms with van der Waals surface area (Å²) in [7, 11) is 0. The minimum Gasteiger partial charge on any atom is -0.338 e. The molecule has 8 rings (SSSR count). The van der Waals surface area contributed by atoms with E-state index in [0.717, 1.165) is 27.8 Å². The van der Waals surface area contributed by atoms with E-state index in [-0.39, 0.29) is 11.4 Å². The summed E-state index contributed by atoms with van der Waals surface area (Å²) in [5.41, 5.74) is 6.71. The van der Waals surface area contributed by atoms with E-state index in [1.54, 1.807) is 25.3 Å². The van der Waals surface area contributed by atoms with Crippen molar-refractivity contribution in [2.75, 3.05) is 5.32 Å². The fourth-order valence-electron chi connectivity index (χ4n) is 6.42. The lowest BCUT2D eigenvalue weighted by Crippen LogP contribution is -2.38. The Morgan fingerprint density at radius 3 is 1.96 bits per heavy atom. The van der Waals surface area contributed by atoms with Crippen molar-refractivity contribution >= 4 is 17.4 Å². The van der Waals surface area contributed by atoms with Gasteiger partial charge in [-0.25, -0.2) is 9.37 Å². The van der Waals surface area contributed by atoms with Crippen LogP contribution in [0.25, 0.3) is 28.0 Å². The Bertz CT molecular complexity index is 2320. The highest BCUT2D eigenvalue weighted by Gasteiger charge is 2.39. The molecule has 0 saturated carbocycles. The van der Waals surface area contributed by atoms with Gasteiger partial charge in [0.05, 0.1) is 29.3 Å². The summed E-state index contributed by atoms with van der Waals surface area (Å²) in [6, 6.07) is 41.1. The lowest BCUT2D eigenvalue weighted by molar-refractivity contribution is 0.102. The van der Waals surface area contributed by atoms with Gasteiger partial charge in [0, 0.05) is 35.2 Å². The molecule has 1 N–H and O–H groups in total. The van der Waals surface area contributed by atoms with Gasteiger partial charge in [-0.3, -0.25) is 19.2 Å². The molecule has 0 bridgehead atoms. The van der Waals surface area contributed by atoms with E-state index >= 15 is 4.39 Å².